The molecule has 0 saturated heterocycles. The van der Waals surface area contributed by atoms with Crippen molar-refractivity contribution in [3.05, 3.63) is 29.6 Å². The van der Waals surface area contributed by atoms with Crippen LogP contribution in [0.4, 0.5) is 8.78 Å². The second kappa shape index (κ2) is 5.57. The number of imidazole rings is 1. The van der Waals surface area contributed by atoms with Crippen LogP contribution in [0.25, 0.3) is 11.0 Å². The minimum Gasteiger partial charge on any atom is -0.327 e. The van der Waals surface area contributed by atoms with Crippen molar-refractivity contribution in [3.8, 4) is 0 Å². The number of aryl methyl sites for hydroxylation is 1. The normalized spacial score (nSPS) is 19.4. The van der Waals surface area contributed by atoms with E-state index in [2.05, 4.69) is 50.5 Å². The predicted molar refractivity (Wildman–Crippen MR) is 90.1 cm³/mol. The molecule has 0 amide bonds. The zero-order valence-corrected chi connectivity index (χ0v) is 14.5. The molecule has 0 bridgehead atoms. The fourth-order valence-corrected chi connectivity index (χ4v) is 3.59. The molecule has 4 heteroatoms. The van der Waals surface area contributed by atoms with Gasteiger partial charge in [-0.15, -0.1) is 0 Å². The van der Waals surface area contributed by atoms with E-state index in [0.717, 1.165) is 23.4 Å². The number of halogens is 2. The number of fused-ring (bicyclic) bond motifs is 1. The van der Waals surface area contributed by atoms with Crippen LogP contribution in [0.1, 0.15) is 57.8 Å². The Hall–Kier alpha value is -1.45. The average molecular weight is 320 g/mol. The molecule has 2 aromatic rings. The average Bonchev–Trinajstić information content (AvgIpc) is 2.82. The smallest absolute Gasteiger partial charge is 0.248 e. The third-order valence-electron chi connectivity index (χ3n) is 4.93. The van der Waals surface area contributed by atoms with Gasteiger partial charge in [-0.1, -0.05) is 32.9 Å². The number of hydrogen-bond acceptors (Lipinski definition) is 1. The van der Waals surface area contributed by atoms with Gasteiger partial charge in [-0.05, 0) is 37.3 Å². The van der Waals surface area contributed by atoms with Crippen LogP contribution in [0, 0.1) is 12.8 Å². The molecule has 1 aromatic carbocycles. The maximum Gasteiger partial charge on any atom is 0.248 e. The number of benzene rings is 1. The highest BCUT2D eigenvalue weighted by Gasteiger charge is 2.35. The zero-order chi connectivity index (χ0) is 16.8. The van der Waals surface area contributed by atoms with Crippen molar-refractivity contribution >= 4 is 11.0 Å². The summed E-state index contributed by atoms with van der Waals surface area (Å²) in [6, 6.07) is 6.23. The topological polar surface area (TPSA) is 17.8 Å². The van der Waals surface area contributed by atoms with Crippen molar-refractivity contribution in [2.24, 2.45) is 5.92 Å². The lowest BCUT2D eigenvalue weighted by Crippen LogP contribution is -2.28. The van der Waals surface area contributed by atoms with Crippen LogP contribution in [0.15, 0.2) is 18.2 Å². The quantitative estimate of drug-likeness (QED) is 0.717. The maximum absolute atomic E-state index is 13.4. The molecule has 1 aliphatic rings. The van der Waals surface area contributed by atoms with Crippen molar-refractivity contribution in [2.45, 2.75) is 71.3 Å². The molecule has 126 valence electrons. The summed E-state index contributed by atoms with van der Waals surface area (Å²) in [6.07, 6.45) is 1.24. The van der Waals surface area contributed by atoms with Gasteiger partial charge in [0.1, 0.15) is 5.82 Å². The van der Waals surface area contributed by atoms with Crippen molar-refractivity contribution in [2.75, 3.05) is 0 Å². The van der Waals surface area contributed by atoms with Crippen molar-refractivity contribution < 1.29 is 8.78 Å². The van der Waals surface area contributed by atoms with Crippen LogP contribution in [0.2, 0.25) is 0 Å². The molecule has 23 heavy (non-hydrogen) atoms. The van der Waals surface area contributed by atoms with E-state index in [1.54, 1.807) is 0 Å². The Balaban J connectivity index is 1.97. The third-order valence-corrected chi connectivity index (χ3v) is 4.93. The standard InChI is InChI=1S/C19H26F2N2/c1-13-6-5-7-15-16(13)22-17(18(2,3)4)23(15)12-14-8-10-19(20,21)11-9-14/h5-7,14H,8-12H2,1-4H3. The van der Waals surface area contributed by atoms with E-state index in [0.29, 0.717) is 18.8 Å². The fourth-order valence-electron chi connectivity index (χ4n) is 3.59. The molecule has 0 atom stereocenters. The van der Waals surface area contributed by atoms with E-state index in [4.69, 9.17) is 4.98 Å². The second-order valence-electron chi connectivity index (χ2n) is 8.04. The SMILES string of the molecule is Cc1cccc2c1nc(C(C)(C)C)n2CC1CCC(F)(F)CC1. The Labute approximate surface area is 136 Å². The van der Waals surface area contributed by atoms with E-state index in [9.17, 15) is 8.78 Å². The first kappa shape index (κ1) is 16.4. The summed E-state index contributed by atoms with van der Waals surface area (Å²) in [5.74, 6) is -1.09. The van der Waals surface area contributed by atoms with Crippen molar-refractivity contribution in [1.29, 1.82) is 0 Å². The monoisotopic (exact) mass is 320 g/mol. The van der Waals surface area contributed by atoms with Crippen LogP contribution < -0.4 is 0 Å². The molecule has 1 heterocycles. The lowest BCUT2D eigenvalue weighted by molar-refractivity contribution is -0.0473. The molecule has 0 unspecified atom stereocenters. The van der Waals surface area contributed by atoms with Crippen LogP contribution in [0.3, 0.4) is 0 Å². The lowest BCUT2D eigenvalue weighted by atomic mass is 9.86. The van der Waals surface area contributed by atoms with Gasteiger partial charge in [0.15, 0.2) is 0 Å². The van der Waals surface area contributed by atoms with Gasteiger partial charge in [0.25, 0.3) is 0 Å². The second-order valence-corrected chi connectivity index (χ2v) is 8.04. The molecule has 0 radical (unpaired) electrons. The van der Waals surface area contributed by atoms with Crippen LogP contribution in [0.5, 0.6) is 0 Å². The first-order valence-corrected chi connectivity index (χ1v) is 8.51. The highest BCUT2D eigenvalue weighted by atomic mass is 19.3. The molecule has 1 fully saturated rings. The summed E-state index contributed by atoms with van der Waals surface area (Å²) < 4.78 is 29.1. The third kappa shape index (κ3) is 3.26. The Bertz CT molecular complexity index is 700. The summed E-state index contributed by atoms with van der Waals surface area (Å²) in [5, 5.41) is 0. The molecule has 0 aliphatic heterocycles. The molecule has 1 saturated carbocycles. The van der Waals surface area contributed by atoms with E-state index in [1.165, 1.54) is 5.56 Å². The maximum atomic E-state index is 13.4. The van der Waals surface area contributed by atoms with E-state index in [1.807, 2.05) is 0 Å². The van der Waals surface area contributed by atoms with Gasteiger partial charge in [0.05, 0.1) is 11.0 Å². The summed E-state index contributed by atoms with van der Waals surface area (Å²) >= 11 is 0. The Morgan fingerprint density at radius 1 is 1.22 bits per heavy atom. The molecular formula is C19H26F2N2. The highest BCUT2D eigenvalue weighted by Crippen LogP contribution is 2.38. The number of alkyl halides is 2. The molecule has 0 N–H and O–H groups in total. The van der Waals surface area contributed by atoms with Gasteiger partial charge in [0.2, 0.25) is 5.92 Å². The molecule has 2 nitrogen and oxygen atoms in total. The number of rotatable bonds is 2. The minimum absolute atomic E-state index is 0.0220. The number of nitrogens with zero attached hydrogens (tertiary/aromatic N) is 2. The Morgan fingerprint density at radius 2 is 1.87 bits per heavy atom. The summed E-state index contributed by atoms with van der Waals surface area (Å²) in [5.41, 5.74) is 3.28. The largest absolute Gasteiger partial charge is 0.327 e. The van der Waals surface area contributed by atoms with Gasteiger partial charge in [0, 0.05) is 24.8 Å². The highest BCUT2D eigenvalue weighted by molar-refractivity contribution is 5.79. The zero-order valence-electron chi connectivity index (χ0n) is 14.5. The summed E-state index contributed by atoms with van der Waals surface area (Å²) in [7, 11) is 0. The van der Waals surface area contributed by atoms with Gasteiger partial charge >= 0.3 is 0 Å². The minimum atomic E-state index is -2.46. The van der Waals surface area contributed by atoms with Crippen LogP contribution in [-0.4, -0.2) is 15.5 Å². The predicted octanol–water partition coefficient (Wildman–Crippen LogP) is 5.47. The van der Waals surface area contributed by atoms with Gasteiger partial charge < -0.3 is 4.57 Å². The molecular weight excluding hydrogens is 294 g/mol. The summed E-state index contributed by atoms with van der Waals surface area (Å²) in [4.78, 5) is 4.89. The molecule has 1 aromatic heterocycles. The Morgan fingerprint density at radius 3 is 2.48 bits per heavy atom. The van der Waals surface area contributed by atoms with Gasteiger partial charge in [-0.2, -0.15) is 0 Å². The van der Waals surface area contributed by atoms with Gasteiger partial charge in [-0.3, -0.25) is 0 Å². The number of hydrogen-bond donors (Lipinski definition) is 0. The lowest BCUT2D eigenvalue weighted by Gasteiger charge is -2.30. The van der Waals surface area contributed by atoms with E-state index >= 15 is 0 Å². The fraction of sp³-hybridized carbons (Fsp3) is 0.632. The first-order valence-electron chi connectivity index (χ1n) is 8.51. The Kier molecular flexibility index (Phi) is 3.97. The van der Waals surface area contributed by atoms with Crippen LogP contribution in [-0.2, 0) is 12.0 Å². The number of para-hydroxylation sites is 1. The molecule has 3 rings (SSSR count). The van der Waals surface area contributed by atoms with Crippen LogP contribution >= 0.6 is 0 Å². The molecule has 0 spiro atoms. The van der Waals surface area contributed by atoms with E-state index < -0.39 is 5.92 Å². The van der Waals surface area contributed by atoms with Crippen molar-refractivity contribution in [3.63, 3.8) is 0 Å². The van der Waals surface area contributed by atoms with E-state index in [-0.39, 0.29) is 18.3 Å². The van der Waals surface area contributed by atoms with Crippen molar-refractivity contribution in [1.82, 2.24) is 9.55 Å². The first-order chi connectivity index (χ1) is 10.7. The summed E-state index contributed by atoms with van der Waals surface area (Å²) in [6.45, 7) is 9.36. The van der Waals surface area contributed by atoms with Gasteiger partial charge in [-0.25, -0.2) is 13.8 Å². The number of aromatic nitrogens is 2. The molecule has 1 aliphatic carbocycles.